The number of benzene rings is 1. The first-order chi connectivity index (χ1) is 7.50. The highest BCUT2D eigenvalue weighted by Gasteiger charge is 2.11. The Kier molecular flexibility index (Phi) is 4.50. The molecule has 0 radical (unpaired) electrons. The van der Waals surface area contributed by atoms with Crippen LogP contribution in [0.1, 0.15) is 38.0 Å². The Bertz CT molecular complexity index is 343. The summed E-state index contributed by atoms with van der Waals surface area (Å²) in [5.41, 5.74) is 1.96. The van der Waals surface area contributed by atoms with E-state index in [4.69, 9.17) is 0 Å². The first-order valence-electron chi connectivity index (χ1n) is 5.52. The van der Waals surface area contributed by atoms with Crippen LogP contribution in [0.3, 0.4) is 0 Å². The van der Waals surface area contributed by atoms with E-state index in [9.17, 15) is 9.90 Å². The normalized spacial score (nSPS) is 12.6. The van der Waals surface area contributed by atoms with E-state index in [2.05, 4.69) is 5.32 Å². The Hall–Kier alpha value is -1.35. The van der Waals surface area contributed by atoms with Gasteiger partial charge in [0.25, 0.3) is 0 Å². The van der Waals surface area contributed by atoms with Crippen LogP contribution in [0.25, 0.3) is 0 Å². The molecule has 3 nitrogen and oxygen atoms in total. The fourth-order valence-electron chi connectivity index (χ4n) is 1.44. The lowest BCUT2D eigenvalue weighted by atomic mass is 9.98. The first kappa shape index (κ1) is 12.7. The lowest BCUT2D eigenvalue weighted by Gasteiger charge is -2.15. The molecule has 0 heterocycles. The summed E-state index contributed by atoms with van der Waals surface area (Å²) >= 11 is 0. The van der Waals surface area contributed by atoms with Crippen molar-refractivity contribution in [2.45, 2.75) is 33.4 Å². The second-order valence-electron chi connectivity index (χ2n) is 4.34. The number of hydrogen-bond donors (Lipinski definition) is 2. The molecule has 1 aromatic carbocycles. The molecule has 0 aromatic heterocycles. The summed E-state index contributed by atoms with van der Waals surface area (Å²) < 4.78 is 0. The van der Waals surface area contributed by atoms with Crippen molar-refractivity contribution in [1.82, 2.24) is 5.32 Å². The molecule has 0 bridgehead atoms. The molecule has 2 N–H and O–H groups in total. The second-order valence-corrected chi connectivity index (χ2v) is 4.34. The van der Waals surface area contributed by atoms with E-state index in [1.807, 2.05) is 38.1 Å². The molecule has 0 aliphatic heterocycles. The van der Waals surface area contributed by atoms with Crippen molar-refractivity contribution in [2.75, 3.05) is 0 Å². The number of hydrogen-bond acceptors (Lipinski definition) is 2. The quantitative estimate of drug-likeness (QED) is 0.817. The van der Waals surface area contributed by atoms with E-state index in [-0.39, 0.29) is 11.8 Å². The van der Waals surface area contributed by atoms with Gasteiger partial charge in [0, 0.05) is 13.5 Å². The van der Waals surface area contributed by atoms with Gasteiger partial charge in [-0.25, -0.2) is 0 Å². The second kappa shape index (κ2) is 5.66. The standard InChI is InChI=1S/C13H19NO2/c1-9(2)13(16)12-6-4-11(5-7-12)8-14-10(3)15/h4-7,9,13,16H,8H2,1-3H3,(H,14,15). The summed E-state index contributed by atoms with van der Waals surface area (Å²) in [4.78, 5) is 10.7. The number of amides is 1. The van der Waals surface area contributed by atoms with Crippen molar-refractivity contribution < 1.29 is 9.90 Å². The minimum atomic E-state index is -0.421. The minimum absolute atomic E-state index is 0.0358. The van der Waals surface area contributed by atoms with Crippen molar-refractivity contribution in [3.8, 4) is 0 Å². The van der Waals surface area contributed by atoms with Crippen molar-refractivity contribution >= 4 is 5.91 Å². The highest BCUT2D eigenvalue weighted by molar-refractivity contribution is 5.72. The molecule has 1 unspecified atom stereocenters. The van der Waals surface area contributed by atoms with Crippen molar-refractivity contribution in [3.05, 3.63) is 35.4 Å². The Morgan fingerprint density at radius 1 is 1.31 bits per heavy atom. The highest BCUT2D eigenvalue weighted by atomic mass is 16.3. The van der Waals surface area contributed by atoms with Crippen LogP contribution in [0.5, 0.6) is 0 Å². The van der Waals surface area contributed by atoms with Crippen LogP contribution >= 0.6 is 0 Å². The molecular weight excluding hydrogens is 202 g/mol. The molecule has 1 atom stereocenters. The Morgan fingerprint density at radius 3 is 2.31 bits per heavy atom. The molecule has 0 aliphatic rings. The smallest absolute Gasteiger partial charge is 0.217 e. The maximum Gasteiger partial charge on any atom is 0.217 e. The summed E-state index contributed by atoms with van der Waals surface area (Å²) in [5.74, 6) is 0.174. The zero-order valence-electron chi connectivity index (χ0n) is 10.0. The van der Waals surface area contributed by atoms with Gasteiger partial charge in [0.15, 0.2) is 0 Å². The predicted octanol–water partition coefficient (Wildman–Crippen LogP) is 2.01. The van der Waals surface area contributed by atoms with Crippen molar-refractivity contribution in [3.63, 3.8) is 0 Å². The molecule has 1 amide bonds. The fraction of sp³-hybridized carbons (Fsp3) is 0.462. The largest absolute Gasteiger partial charge is 0.388 e. The molecule has 1 rings (SSSR count). The van der Waals surface area contributed by atoms with E-state index in [1.165, 1.54) is 6.92 Å². The molecular formula is C13H19NO2. The SMILES string of the molecule is CC(=O)NCc1ccc(C(O)C(C)C)cc1. The lowest BCUT2D eigenvalue weighted by Crippen LogP contribution is -2.18. The van der Waals surface area contributed by atoms with Gasteiger partial charge < -0.3 is 10.4 Å². The van der Waals surface area contributed by atoms with Gasteiger partial charge in [-0.3, -0.25) is 4.79 Å². The molecule has 16 heavy (non-hydrogen) atoms. The van der Waals surface area contributed by atoms with Gasteiger partial charge >= 0.3 is 0 Å². The van der Waals surface area contributed by atoms with Crippen LogP contribution in [0.4, 0.5) is 0 Å². The van der Waals surface area contributed by atoms with Crippen LogP contribution in [0, 0.1) is 5.92 Å². The van der Waals surface area contributed by atoms with E-state index in [0.29, 0.717) is 6.54 Å². The van der Waals surface area contributed by atoms with Crippen LogP contribution in [0.15, 0.2) is 24.3 Å². The maximum absolute atomic E-state index is 10.7. The summed E-state index contributed by atoms with van der Waals surface area (Å²) in [6.07, 6.45) is -0.421. The topological polar surface area (TPSA) is 49.3 Å². The predicted molar refractivity (Wildman–Crippen MR) is 63.8 cm³/mol. The third kappa shape index (κ3) is 3.66. The molecule has 0 spiro atoms. The van der Waals surface area contributed by atoms with Crippen LogP contribution < -0.4 is 5.32 Å². The van der Waals surface area contributed by atoms with E-state index in [0.717, 1.165) is 11.1 Å². The zero-order chi connectivity index (χ0) is 12.1. The Morgan fingerprint density at radius 2 is 1.88 bits per heavy atom. The van der Waals surface area contributed by atoms with Gasteiger partial charge in [-0.05, 0) is 17.0 Å². The highest BCUT2D eigenvalue weighted by Crippen LogP contribution is 2.21. The number of carbonyl (C=O) groups is 1. The Balaban J connectivity index is 2.64. The molecule has 0 saturated heterocycles. The van der Waals surface area contributed by atoms with E-state index >= 15 is 0 Å². The van der Waals surface area contributed by atoms with Gasteiger partial charge in [-0.1, -0.05) is 38.1 Å². The van der Waals surface area contributed by atoms with Gasteiger partial charge in [0.1, 0.15) is 0 Å². The van der Waals surface area contributed by atoms with Crippen LogP contribution in [-0.2, 0) is 11.3 Å². The molecule has 0 fully saturated rings. The third-order valence-electron chi connectivity index (χ3n) is 2.49. The molecule has 0 saturated carbocycles. The summed E-state index contributed by atoms with van der Waals surface area (Å²) in [7, 11) is 0. The summed E-state index contributed by atoms with van der Waals surface area (Å²) in [6.45, 7) is 6.00. The van der Waals surface area contributed by atoms with Crippen molar-refractivity contribution in [2.24, 2.45) is 5.92 Å². The van der Waals surface area contributed by atoms with Gasteiger partial charge in [0.2, 0.25) is 5.91 Å². The molecule has 1 aromatic rings. The van der Waals surface area contributed by atoms with Gasteiger partial charge in [-0.2, -0.15) is 0 Å². The molecule has 0 aliphatic carbocycles. The van der Waals surface area contributed by atoms with Crippen LogP contribution in [0.2, 0.25) is 0 Å². The average molecular weight is 221 g/mol. The van der Waals surface area contributed by atoms with Crippen LogP contribution in [-0.4, -0.2) is 11.0 Å². The maximum atomic E-state index is 10.7. The number of rotatable bonds is 4. The zero-order valence-corrected chi connectivity index (χ0v) is 10.0. The molecule has 88 valence electrons. The van der Waals surface area contributed by atoms with Crippen molar-refractivity contribution in [1.29, 1.82) is 0 Å². The number of aliphatic hydroxyl groups excluding tert-OH is 1. The number of aliphatic hydroxyl groups is 1. The third-order valence-corrected chi connectivity index (χ3v) is 2.49. The number of carbonyl (C=O) groups excluding carboxylic acids is 1. The summed E-state index contributed by atoms with van der Waals surface area (Å²) in [6, 6.07) is 7.66. The summed E-state index contributed by atoms with van der Waals surface area (Å²) in [5, 5.41) is 12.6. The van der Waals surface area contributed by atoms with Gasteiger partial charge in [0.05, 0.1) is 6.10 Å². The monoisotopic (exact) mass is 221 g/mol. The number of nitrogens with one attached hydrogen (secondary N) is 1. The fourth-order valence-corrected chi connectivity index (χ4v) is 1.44. The van der Waals surface area contributed by atoms with Gasteiger partial charge in [-0.15, -0.1) is 0 Å². The Labute approximate surface area is 96.5 Å². The van der Waals surface area contributed by atoms with E-state index in [1.54, 1.807) is 0 Å². The minimum Gasteiger partial charge on any atom is -0.388 e. The van der Waals surface area contributed by atoms with E-state index < -0.39 is 6.10 Å². The lowest BCUT2D eigenvalue weighted by molar-refractivity contribution is -0.119. The first-order valence-corrected chi connectivity index (χ1v) is 5.52. The average Bonchev–Trinajstić information content (AvgIpc) is 2.26. The molecule has 3 heteroatoms.